The summed E-state index contributed by atoms with van der Waals surface area (Å²) in [5.41, 5.74) is 5.00. The maximum Gasteiger partial charge on any atom is 0.389 e. The van der Waals surface area contributed by atoms with E-state index in [1.165, 1.54) is 0 Å². The van der Waals surface area contributed by atoms with Gasteiger partial charge in [0.1, 0.15) is 0 Å². The van der Waals surface area contributed by atoms with Crippen LogP contribution >= 0.6 is 0 Å². The van der Waals surface area contributed by atoms with Gasteiger partial charge in [-0.25, -0.2) is 0 Å². The fourth-order valence-corrected chi connectivity index (χ4v) is 1.22. The van der Waals surface area contributed by atoms with Gasteiger partial charge in [-0.1, -0.05) is 19.8 Å². The maximum absolute atomic E-state index is 11.8. The molecule has 0 fully saturated rings. The Balaban J connectivity index is 3.91. The first-order valence-electron chi connectivity index (χ1n) is 4.73. The van der Waals surface area contributed by atoms with E-state index in [0.717, 1.165) is 12.8 Å². The zero-order chi connectivity index (χ0) is 11.2. The van der Waals surface area contributed by atoms with Crippen LogP contribution in [0.5, 0.6) is 0 Å². The topological polar surface area (TPSA) is 43.1 Å². The molecule has 2 N–H and O–H groups in total. The minimum absolute atomic E-state index is 0.182. The monoisotopic (exact) mass is 211 g/mol. The van der Waals surface area contributed by atoms with E-state index in [9.17, 15) is 18.0 Å². The molecular formula is C9H16F3NO. The number of rotatable bonds is 6. The third-order valence-electron chi connectivity index (χ3n) is 2.08. The minimum atomic E-state index is -4.19. The highest BCUT2D eigenvalue weighted by Gasteiger charge is 2.29. The van der Waals surface area contributed by atoms with Crippen molar-refractivity contribution >= 4 is 5.91 Å². The second-order valence-corrected chi connectivity index (χ2v) is 3.40. The Morgan fingerprint density at radius 3 is 2.29 bits per heavy atom. The SMILES string of the molecule is CCCCC(CCC(F)(F)F)C(N)=O. The third-order valence-corrected chi connectivity index (χ3v) is 2.08. The quantitative estimate of drug-likeness (QED) is 0.721. The van der Waals surface area contributed by atoms with Crippen molar-refractivity contribution in [3.63, 3.8) is 0 Å². The lowest BCUT2D eigenvalue weighted by atomic mass is 9.96. The van der Waals surface area contributed by atoms with Crippen LogP contribution in [0, 0.1) is 5.92 Å². The van der Waals surface area contributed by atoms with Gasteiger partial charge in [0.15, 0.2) is 0 Å². The van der Waals surface area contributed by atoms with E-state index in [-0.39, 0.29) is 6.42 Å². The van der Waals surface area contributed by atoms with Crippen molar-refractivity contribution in [2.75, 3.05) is 0 Å². The Hall–Kier alpha value is -0.740. The summed E-state index contributed by atoms with van der Waals surface area (Å²) < 4.78 is 35.5. The Morgan fingerprint density at radius 1 is 1.36 bits per heavy atom. The van der Waals surface area contributed by atoms with Gasteiger partial charge in [-0.3, -0.25) is 4.79 Å². The number of unbranched alkanes of at least 4 members (excludes halogenated alkanes) is 1. The van der Waals surface area contributed by atoms with E-state index in [4.69, 9.17) is 5.73 Å². The predicted octanol–water partition coefficient (Wildman–Crippen LogP) is 2.62. The largest absolute Gasteiger partial charge is 0.389 e. The molecule has 0 saturated carbocycles. The molecule has 0 aromatic rings. The van der Waals surface area contributed by atoms with E-state index in [2.05, 4.69) is 0 Å². The van der Waals surface area contributed by atoms with Crippen LogP contribution in [0.1, 0.15) is 39.0 Å². The lowest BCUT2D eigenvalue weighted by Gasteiger charge is -2.13. The van der Waals surface area contributed by atoms with E-state index in [1.807, 2.05) is 6.92 Å². The van der Waals surface area contributed by atoms with Crippen molar-refractivity contribution in [2.45, 2.75) is 45.2 Å². The molecule has 14 heavy (non-hydrogen) atoms. The van der Waals surface area contributed by atoms with E-state index >= 15 is 0 Å². The molecule has 1 atom stereocenters. The zero-order valence-corrected chi connectivity index (χ0v) is 8.23. The molecule has 0 radical (unpaired) electrons. The molecule has 0 aromatic heterocycles. The summed E-state index contributed by atoms with van der Waals surface area (Å²) in [5, 5.41) is 0. The summed E-state index contributed by atoms with van der Waals surface area (Å²) >= 11 is 0. The van der Waals surface area contributed by atoms with E-state index < -0.39 is 24.4 Å². The van der Waals surface area contributed by atoms with Crippen LogP contribution < -0.4 is 5.73 Å². The van der Waals surface area contributed by atoms with Gasteiger partial charge in [-0.15, -0.1) is 0 Å². The maximum atomic E-state index is 11.8. The minimum Gasteiger partial charge on any atom is -0.369 e. The lowest BCUT2D eigenvalue weighted by Crippen LogP contribution is -2.25. The van der Waals surface area contributed by atoms with Gasteiger partial charge in [0.25, 0.3) is 0 Å². The van der Waals surface area contributed by atoms with Crippen LogP contribution in [-0.2, 0) is 4.79 Å². The molecule has 2 nitrogen and oxygen atoms in total. The highest BCUT2D eigenvalue weighted by molar-refractivity contribution is 5.76. The van der Waals surface area contributed by atoms with E-state index in [1.54, 1.807) is 0 Å². The molecule has 0 spiro atoms. The average Bonchev–Trinajstić information content (AvgIpc) is 2.01. The number of primary amides is 1. The molecule has 0 rings (SSSR count). The van der Waals surface area contributed by atoms with Gasteiger partial charge in [0, 0.05) is 12.3 Å². The Morgan fingerprint density at radius 2 is 1.93 bits per heavy atom. The average molecular weight is 211 g/mol. The van der Waals surface area contributed by atoms with Crippen molar-refractivity contribution in [3.8, 4) is 0 Å². The number of amides is 1. The lowest BCUT2D eigenvalue weighted by molar-refractivity contribution is -0.140. The van der Waals surface area contributed by atoms with Crippen LogP contribution in [0.25, 0.3) is 0 Å². The molecule has 0 aliphatic rings. The summed E-state index contributed by atoms with van der Waals surface area (Å²) in [6.07, 6.45) is -3.24. The Kier molecular flexibility index (Phi) is 5.57. The van der Waals surface area contributed by atoms with Gasteiger partial charge in [0.05, 0.1) is 0 Å². The third kappa shape index (κ3) is 6.74. The fourth-order valence-electron chi connectivity index (χ4n) is 1.22. The van der Waals surface area contributed by atoms with Crippen molar-refractivity contribution in [2.24, 2.45) is 11.7 Å². The summed E-state index contributed by atoms with van der Waals surface area (Å²) in [6, 6.07) is 0. The van der Waals surface area contributed by atoms with Gasteiger partial charge >= 0.3 is 6.18 Å². The van der Waals surface area contributed by atoms with E-state index in [0.29, 0.717) is 6.42 Å². The van der Waals surface area contributed by atoms with Gasteiger partial charge in [-0.05, 0) is 12.8 Å². The molecule has 0 saturated heterocycles. The summed E-state index contributed by atoms with van der Waals surface area (Å²) in [6.45, 7) is 1.92. The van der Waals surface area contributed by atoms with Crippen molar-refractivity contribution < 1.29 is 18.0 Å². The molecule has 0 aliphatic heterocycles. The number of nitrogens with two attached hydrogens (primary N) is 1. The highest BCUT2D eigenvalue weighted by atomic mass is 19.4. The Labute approximate surface area is 81.7 Å². The standard InChI is InChI=1S/C9H16F3NO/c1-2-3-4-7(8(13)14)5-6-9(10,11)12/h7H,2-6H2,1H3,(H2,13,14). The number of hydrogen-bond donors (Lipinski definition) is 1. The normalized spacial score (nSPS) is 14.0. The van der Waals surface area contributed by atoms with Gasteiger partial charge < -0.3 is 5.73 Å². The first-order chi connectivity index (χ1) is 6.37. The number of carbonyl (C=O) groups excluding carboxylic acids is 1. The smallest absolute Gasteiger partial charge is 0.369 e. The van der Waals surface area contributed by atoms with Crippen LogP contribution in [0.15, 0.2) is 0 Å². The van der Waals surface area contributed by atoms with Crippen molar-refractivity contribution in [1.29, 1.82) is 0 Å². The van der Waals surface area contributed by atoms with Crippen LogP contribution in [0.2, 0.25) is 0 Å². The van der Waals surface area contributed by atoms with Crippen LogP contribution in [0.3, 0.4) is 0 Å². The highest BCUT2D eigenvalue weighted by Crippen LogP contribution is 2.25. The number of hydrogen-bond acceptors (Lipinski definition) is 1. The molecule has 0 aliphatic carbocycles. The number of alkyl halides is 3. The molecular weight excluding hydrogens is 195 g/mol. The van der Waals surface area contributed by atoms with Crippen molar-refractivity contribution in [1.82, 2.24) is 0 Å². The predicted molar refractivity (Wildman–Crippen MR) is 47.5 cm³/mol. The summed E-state index contributed by atoms with van der Waals surface area (Å²) in [7, 11) is 0. The molecule has 0 heterocycles. The molecule has 0 bridgehead atoms. The molecule has 1 amide bonds. The zero-order valence-electron chi connectivity index (χ0n) is 8.23. The first-order valence-corrected chi connectivity index (χ1v) is 4.73. The summed E-state index contributed by atoms with van der Waals surface area (Å²) in [4.78, 5) is 10.8. The van der Waals surface area contributed by atoms with Crippen LogP contribution in [-0.4, -0.2) is 12.1 Å². The molecule has 5 heteroatoms. The number of halogens is 3. The van der Waals surface area contributed by atoms with Crippen molar-refractivity contribution in [3.05, 3.63) is 0 Å². The molecule has 84 valence electrons. The van der Waals surface area contributed by atoms with Gasteiger partial charge in [0.2, 0.25) is 5.91 Å². The fraction of sp³-hybridized carbons (Fsp3) is 0.889. The molecule has 1 unspecified atom stereocenters. The summed E-state index contributed by atoms with van der Waals surface area (Å²) in [5.74, 6) is -1.25. The van der Waals surface area contributed by atoms with Gasteiger partial charge in [-0.2, -0.15) is 13.2 Å². The second kappa shape index (κ2) is 5.88. The van der Waals surface area contributed by atoms with Crippen LogP contribution in [0.4, 0.5) is 13.2 Å². The Bertz CT molecular complexity index is 179. The number of carbonyl (C=O) groups is 1. The molecule has 0 aromatic carbocycles. The second-order valence-electron chi connectivity index (χ2n) is 3.40. The first kappa shape index (κ1) is 13.3.